The van der Waals surface area contributed by atoms with Crippen molar-refractivity contribution in [3.8, 4) is 0 Å². The number of amidine groups is 1. The third-order valence-corrected chi connectivity index (χ3v) is 2.90. The van der Waals surface area contributed by atoms with Gasteiger partial charge >= 0.3 is 0 Å². The topological polar surface area (TPSA) is 72.7 Å². The highest BCUT2D eigenvalue weighted by Crippen LogP contribution is 2.14. The largest absolute Gasteiger partial charge is 0.489 e. The van der Waals surface area contributed by atoms with Gasteiger partial charge in [-0.25, -0.2) is 4.99 Å². The highest BCUT2D eigenvalue weighted by molar-refractivity contribution is 5.98. The van der Waals surface area contributed by atoms with Crippen LogP contribution in [0.3, 0.4) is 0 Å². The van der Waals surface area contributed by atoms with E-state index in [2.05, 4.69) is 23.5 Å². The third-order valence-electron chi connectivity index (χ3n) is 2.90. The summed E-state index contributed by atoms with van der Waals surface area (Å²) in [6.45, 7) is 9.33. The van der Waals surface area contributed by atoms with Crippen LogP contribution in [0.5, 0.6) is 0 Å². The van der Waals surface area contributed by atoms with Gasteiger partial charge in [-0.2, -0.15) is 0 Å². The van der Waals surface area contributed by atoms with E-state index in [1.54, 1.807) is 24.4 Å². The van der Waals surface area contributed by atoms with Crippen molar-refractivity contribution in [1.29, 1.82) is 0 Å². The molecule has 0 unspecified atom stereocenters. The van der Waals surface area contributed by atoms with E-state index in [1.807, 2.05) is 13.0 Å². The number of hydrogen-bond acceptors (Lipinski definition) is 4. The number of amides is 1. The van der Waals surface area contributed by atoms with Gasteiger partial charge in [0, 0.05) is 18.1 Å². The summed E-state index contributed by atoms with van der Waals surface area (Å²) in [6.07, 6.45) is 10.9. The van der Waals surface area contributed by atoms with E-state index in [-0.39, 0.29) is 6.61 Å². The van der Waals surface area contributed by atoms with E-state index >= 15 is 0 Å². The van der Waals surface area contributed by atoms with Crippen LogP contribution in [-0.4, -0.2) is 29.8 Å². The Kier molecular flexibility index (Phi) is 7.57. The molecule has 0 fully saturated rings. The Morgan fingerprint density at radius 1 is 1.39 bits per heavy atom. The van der Waals surface area contributed by atoms with Crippen molar-refractivity contribution in [2.75, 3.05) is 6.61 Å². The normalized spacial score (nSPS) is 12.0. The first-order chi connectivity index (χ1) is 11.2. The first kappa shape index (κ1) is 17.9. The van der Waals surface area contributed by atoms with Crippen LogP contribution in [0.4, 0.5) is 0 Å². The number of nitrogens with zero attached hydrogens (tertiary/aromatic N) is 2. The van der Waals surface area contributed by atoms with Gasteiger partial charge in [-0.05, 0) is 42.9 Å². The summed E-state index contributed by atoms with van der Waals surface area (Å²) in [5.41, 5.74) is 1.69. The Morgan fingerprint density at radius 3 is 2.74 bits per heavy atom. The molecule has 0 aliphatic heterocycles. The fourth-order valence-electron chi connectivity index (χ4n) is 1.65. The Bertz CT molecular complexity index is 667. The molecule has 0 aliphatic rings. The summed E-state index contributed by atoms with van der Waals surface area (Å²) >= 11 is 0. The molecule has 1 aromatic heterocycles. The average molecular weight is 313 g/mol. The third kappa shape index (κ3) is 5.62. The summed E-state index contributed by atoms with van der Waals surface area (Å²) in [7, 11) is 0. The molecule has 6 heteroatoms. The van der Waals surface area contributed by atoms with Crippen LogP contribution in [0.25, 0.3) is 6.08 Å². The van der Waals surface area contributed by atoms with Gasteiger partial charge in [0.05, 0.1) is 0 Å². The molecule has 0 aromatic carbocycles. The van der Waals surface area contributed by atoms with Gasteiger partial charge < -0.3 is 10.1 Å². The molecule has 1 N–H and O–H groups in total. The first-order valence-corrected chi connectivity index (χ1v) is 6.81. The molecule has 0 saturated heterocycles. The standard InChI is InChI=1S/C17H19N3O3/c1-4-16(11-15-7-9-20(13-22)14(15)3)23-10-6-8-18-17(5-2)19-12-21/h4-9,11-13H,1-2,10H2,3H3,(H,18,19,21)/b8-6-,16-11+. The predicted molar refractivity (Wildman–Crippen MR) is 91.4 cm³/mol. The Balaban J connectivity index is 2.66. The van der Waals surface area contributed by atoms with Gasteiger partial charge in [0.25, 0.3) is 0 Å². The second kappa shape index (κ2) is 9.73. The molecular weight excluding hydrogens is 294 g/mol. The highest BCUT2D eigenvalue weighted by atomic mass is 16.5. The zero-order chi connectivity index (χ0) is 17.1. The second-order valence-electron chi connectivity index (χ2n) is 4.30. The van der Waals surface area contributed by atoms with E-state index in [0.29, 0.717) is 18.0 Å². The van der Waals surface area contributed by atoms with E-state index in [4.69, 9.17) is 4.74 Å². The van der Waals surface area contributed by atoms with Crippen molar-refractivity contribution in [2.24, 2.45) is 4.99 Å². The maximum absolute atomic E-state index is 10.8. The van der Waals surface area contributed by atoms with Crippen LogP contribution >= 0.6 is 0 Å². The minimum Gasteiger partial charge on any atom is -0.489 e. The van der Waals surface area contributed by atoms with Gasteiger partial charge in [-0.15, -0.1) is 0 Å². The van der Waals surface area contributed by atoms with Crippen LogP contribution in [0.1, 0.15) is 11.3 Å². The van der Waals surface area contributed by atoms with Crippen LogP contribution < -0.4 is 5.32 Å². The van der Waals surface area contributed by atoms with E-state index < -0.39 is 0 Å². The van der Waals surface area contributed by atoms with Gasteiger partial charge in [0.2, 0.25) is 12.8 Å². The van der Waals surface area contributed by atoms with Crippen LogP contribution in [0.15, 0.2) is 60.6 Å². The molecule has 1 aromatic rings. The summed E-state index contributed by atoms with van der Waals surface area (Å²) in [6, 6.07) is 1.82. The molecule has 1 rings (SSSR count). The van der Waals surface area contributed by atoms with Gasteiger partial charge in [0.15, 0.2) is 0 Å². The predicted octanol–water partition coefficient (Wildman–Crippen LogP) is 2.22. The van der Waals surface area contributed by atoms with Crippen molar-refractivity contribution >= 4 is 24.7 Å². The van der Waals surface area contributed by atoms with E-state index in [9.17, 15) is 9.59 Å². The lowest BCUT2D eigenvalue weighted by Crippen LogP contribution is -2.18. The molecule has 0 radical (unpaired) electrons. The van der Waals surface area contributed by atoms with Crippen LogP contribution in [-0.2, 0) is 14.3 Å². The fourth-order valence-corrected chi connectivity index (χ4v) is 1.65. The van der Waals surface area contributed by atoms with Gasteiger partial charge in [0.1, 0.15) is 18.2 Å². The lowest BCUT2D eigenvalue weighted by Gasteiger charge is -2.04. The molecule has 120 valence electrons. The average Bonchev–Trinajstić information content (AvgIpc) is 2.92. The quantitative estimate of drug-likeness (QED) is 0.250. The maximum Gasteiger partial charge on any atom is 0.217 e. The molecular formula is C17H19N3O3. The van der Waals surface area contributed by atoms with Crippen molar-refractivity contribution < 1.29 is 14.3 Å². The zero-order valence-electron chi connectivity index (χ0n) is 12.9. The molecule has 1 amide bonds. The lowest BCUT2D eigenvalue weighted by atomic mass is 10.2. The van der Waals surface area contributed by atoms with Crippen molar-refractivity contribution in [3.63, 3.8) is 0 Å². The SMILES string of the molecule is C=CC(=N/C=C\CO/C(C=C)=C/c1ccn(C=O)c1C)NC=O. The molecule has 0 aliphatic carbocycles. The maximum atomic E-state index is 10.8. The second-order valence-corrected chi connectivity index (χ2v) is 4.30. The highest BCUT2D eigenvalue weighted by Gasteiger charge is 2.02. The van der Waals surface area contributed by atoms with Gasteiger partial charge in [-0.3, -0.25) is 14.2 Å². The minimum absolute atomic E-state index is 0.278. The smallest absolute Gasteiger partial charge is 0.217 e. The number of hydrogen-bond donors (Lipinski definition) is 1. The summed E-state index contributed by atoms with van der Waals surface area (Å²) in [5.74, 6) is 0.918. The number of aliphatic imine (C=N–C) groups is 1. The van der Waals surface area contributed by atoms with Crippen molar-refractivity contribution in [2.45, 2.75) is 6.92 Å². The Hall–Kier alpha value is -3.15. The molecule has 6 nitrogen and oxygen atoms in total. The van der Waals surface area contributed by atoms with E-state index in [0.717, 1.165) is 17.7 Å². The molecule has 1 heterocycles. The fraction of sp³-hybridized carbons (Fsp3) is 0.118. The van der Waals surface area contributed by atoms with Crippen molar-refractivity contribution in [3.05, 3.63) is 66.9 Å². The molecule has 0 spiro atoms. The summed E-state index contributed by atoms with van der Waals surface area (Å²) in [4.78, 5) is 25.1. The zero-order valence-corrected chi connectivity index (χ0v) is 12.9. The number of allylic oxidation sites excluding steroid dienone is 1. The molecule has 23 heavy (non-hydrogen) atoms. The lowest BCUT2D eigenvalue weighted by molar-refractivity contribution is -0.108. The number of carbonyl (C=O) groups excluding carboxylic acids is 2. The summed E-state index contributed by atoms with van der Waals surface area (Å²) in [5, 5.41) is 2.39. The van der Waals surface area contributed by atoms with Crippen molar-refractivity contribution in [1.82, 2.24) is 9.88 Å². The molecule has 0 saturated carbocycles. The summed E-state index contributed by atoms with van der Waals surface area (Å²) < 4.78 is 7.03. The number of carbonyl (C=O) groups is 2. The number of nitrogens with one attached hydrogen (secondary N) is 1. The molecule has 0 atom stereocenters. The number of aromatic nitrogens is 1. The monoisotopic (exact) mass is 313 g/mol. The Labute approximate surface area is 135 Å². The Morgan fingerprint density at radius 2 is 2.17 bits per heavy atom. The van der Waals surface area contributed by atoms with Gasteiger partial charge in [-0.1, -0.05) is 13.2 Å². The van der Waals surface area contributed by atoms with E-state index in [1.165, 1.54) is 16.8 Å². The number of ether oxygens (including phenoxy) is 1. The first-order valence-electron chi connectivity index (χ1n) is 6.81. The van der Waals surface area contributed by atoms with Crippen LogP contribution in [0, 0.1) is 6.92 Å². The minimum atomic E-state index is 0.278. The molecule has 0 bridgehead atoms. The van der Waals surface area contributed by atoms with Crippen LogP contribution in [0.2, 0.25) is 0 Å². The number of rotatable bonds is 9.